The maximum absolute atomic E-state index is 12.8. The molecular weight excluding hydrogens is 368 g/mol. The predicted molar refractivity (Wildman–Crippen MR) is 108 cm³/mol. The van der Waals surface area contributed by atoms with Gasteiger partial charge in [0.2, 0.25) is 12.7 Å². The highest BCUT2D eigenvalue weighted by Crippen LogP contribution is 2.50. The smallest absolute Gasteiger partial charge is 0.231 e. The number of hydrogen-bond acceptors (Lipinski definition) is 5. The average Bonchev–Trinajstić information content (AvgIpc) is 3.31. The number of aliphatic hydroxyl groups is 1. The number of hydrogen-bond donors (Lipinski definition) is 2. The molecule has 0 saturated carbocycles. The molecule has 1 spiro atoms. The number of nitrogens with zero attached hydrogens (tertiary/aromatic N) is 1. The standard InChI is InChI=1S/C23H26N2O4/c24-21-16-3-1-2-4-17(16)23(22(21)27)9-11-25(12-10-23)20(26)8-6-15-5-7-18-19(13-15)29-14-28-18/h1-5,7,13,21-22,27H,6,8-12,14,24H2/t21-,22+/m1/s1. The van der Waals surface area contributed by atoms with Crippen molar-refractivity contribution in [3.8, 4) is 11.5 Å². The second-order valence-electron chi connectivity index (χ2n) is 8.28. The molecule has 1 amide bonds. The van der Waals surface area contributed by atoms with Crippen molar-refractivity contribution < 1.29 is 19.4 Å². The lowest BCUT2D eigenvalue weighted by atomic mass is 9.72. The minimum atomic E-state index is -0.592. The first-order valence-electron chi connectivity index (χ1n) is 10.3. The van der Waals surface area contributed by atoms with E-state index in [4.69, 9.17) is 15.2 Å². The lowest BCUT2D eigenvalue weighted by Crippen LogP contribution is -2.50. The van der Waals surface area contributed by atoms with E-state index in [1.807, 2.05) is 41.3 Å². The molecule has 6 heteroatoms. The molecule has 1 aliphatic carbocycles. The summed E-state index contributed by atoms with van der Waals surface area (Å²) >= 11 is 0. The number of carbonyl (C=O) groups is 1. The fraction of sp³-hybridized carbons (Fsp3) is 0.435. The molecule has 3 N–H and O–H groups in total. The number of aryl methyl sites for hydroxylation is 1. The Bertz CT molecular complexity index is 936. The highest BCUT2D eigenvalue weighted by Gasteiger charge is 2.51. The highest BCUT2D eigenvalue weighted by atomic mass is 16.7. The topological polar surface area (TPSA) is 85.0 Å². The molecule has 152 valence electrons. The van der Waals surface area contributed by atoms with E-state index >= 15 is 0 Å². The van der Waals surface area contributed by atoms with Crippen molar-refractivity contribution in [1.29, 1.82) is 0 Å². The summed E-state index contributed by atoms with van der Waals surface area (Å²) < 4.78 is 10.7. The molecule has 0 aromatic heterocycles. The molecule has 1 saturated heterocycles. The Balaban J connectivity index is 1.22. The third-order valence-corrected chi connectivity index (χ3v) is 6.84. The monoisotopic (exact) mass is 394 g/mol. The zero-order valence-corrected chi connectivity index (χ0v) is 16.3. The molecule has 29 heavy (non-hydrogen) atoms. The van der Waals surface area contributed by atoms with Gasteiger partial charge in [-0.1, -0.05) is 30.3 Å². The van der Waals surface area contributed by atoms with Crippen LogP contribution in [0.15, 0.2) is 42.5 Å². The van der Waals surface area contributed by atoms with Gasteiger partial charge in [0.15, 0.2) is 11.5 Å². The van der Waals surface area contributed by atoms with E-state index in [9.17, 15) is 9.90 Å². The molecular formula is C23H26N2O4. The lowest BCUT2D eigenvalue weighted by molar-refractivity contribution is -0.133. The number of carbonyl (C=O) groups excluding carboxylic acids is 1. The van der Waals surface area contributed by atoms with Crippen molar-refractivity contribution in [2.75, 3.05) is 19.9 Å². The van der Waals surface area contributed by atoms with Gasteiger partial charge in [0.05, 0.1) is 12.1 Å². The molecule has 2 atom stereocenters. The van der Waals surface area contributed by atoms with E-state index in [0.29, 0.717) is 25.9 Å². The number of rotatable bonds is 3. The molecule has 2 heterocycles. The number of piperidine rings is 1. The van der Waals surface area contributed by atoms with E-state index in [2.05, 4.69) is 6.07 Å². The van der Waals surface area contributed by atoms with Crippen LogP contribution in [0.5, 0.6) is 11.5 Å². The van der Waals surface area contributed by atoms with Crippen LogP contribution in [0.3, 0.4) is 0 Å². The zero-order valence-electron chi connectivity index (χ0n) is 16.3. The van der Waals surface area contributed by atoms with Crippen LogP contribution in [0.1, 0.15) is 42.0 Å². The minimum absolute atomic E-state index is 0.155. The highest BCUT2D eigenvalue weighted by molar-refractivity contribution is 5.76. The molecule has 0 radical (unpaired) electrons. The maximum Gasteiger partial charge on any atom is 0.231 e. The summed E-state index contributed by atoms with van der Waals surface area (Å²) in [7, 11) is 0. The quantitative estimate of drug-likeness (QED) is 0.834. The molecule has 5 rings (SSSR count). The summed E-state index contributed by atoms with van der Waals surface area (Å²) in [5.41, 5.74) is 9.24. The van der Waals surface area contributed by atoms with Gasteiger partial charge in [-0.3, -0.25) is 4.79 Å². The zero-order chi connectivity index (χ0) is 20.0. The normalized spacial score (nSPS) is 24.0. The van der Waals surface area contributed by atoms with E-state index in [1.54, 1.807) is 0 Å². The first kappa shape index (κ1) is 18.5. The Morgan fingerprint density at radius 2 is 1.90 bits per heavy atom. The maximum atomic E-state index is 12.8. The van der Waals surface area contributed by atoms with Gasteiger partial charge in [-0.25, -0.2) is 0 Å². The Morgan fingerprint density at radius 3 is 2.72 bits per heavy atom. The summed E-state index contributed by atoms with van der Waals surface area (Å²) in [6.45, 7) is 1.56. The third-order valence-electron chi connectivity index (χ3n) is 6.84. The van der Waals surface area contributed by atoms with Crippen molar-refractivity contribution >= 4 is 5.91 Å². The van der Waals surface area contributed by atoms with Crippen molar-refractivity contribution in [3.05, 3.63) is 59.2 Å². The Kier molecular flexibility index (Phi) is 4.48. The summed E-state index contributed by atoms with van der Waals surface area (Å²) in [4.78, 5) is 14.7. The molecule has 2 aromatic rings. The lowest BCUT2D eigenvalue weighted by Gasteiger charge is -2.42. The van der Waals surface area contributed by atoms with Crippen LogP contribution in [-0.2, 0) is 16.6 Å². The van der Waals surface area contributed by atoms with Gasteiger partial charge in [0, 0.05) is 24.9 Å². The number of nitrogens with two attached hydrogens (primary N) is 1. The summed E-state index contributed by atoms with van der Waals surface area (Å²) in [5.74, 6) is 1.66. The summed E-state index contributed by atoms with van der Waals surface area (Å²) in [5, 5.41) is 10.9. The van der Waals surface area contributed by atoms with Crippen molar-refractivity contribution in [1.82, 2.24) is 4.90 Å². The van der Waals surface area contributed by atoms with Gasteiger partial charge in [0.1, 0.15) is 0 Å². The largest absolute Gasteiger partial charge is 0.454 e. The van der Waals surface area contributed by atoms with Crippen LogP contribution in [0.2, 0.25) is 0 Å². The van der Waals surface area contributed by atoms with Gasteiger partial charge in [0.25, 0.3) is 0 Å². The fourth-order valence-electron chi connectivity index (χ4n) is 5.14. The molecule has 2 aliphatic heterocycles. The minimum Gasteiger partial charge on any atom is -0.454 e. The molecule has 0 bridgehead atoms. The molecule has 1 fully saturated rings. The van der Waals surface area contributed by atoms with Gasteiger partial charge in [-0.05, 0) is 48.1 Å². The second-order valence-corrected chi connectivity index (χ2v) is 8.28. The van der Waals surface area contributed by atoms with Crippen molar-refractivity contribution in [2.24, 2.45) is 5.73 Å². The van der Waals surface area contributed by atoms with Gasteiger partial charge in [-0.15, -0.1) is 0 Å². The Hall–Kier alpha value is -2.57. The number of amides is 1. The van der Waals surface area contributed by atoms with Crippen LogP contribution >= 0.6 is 0 Å². The average molecular weight is 394 g/mol. The number of aliphatic hydroxyl groups excluding tert-OH is 1. The van der Waals surface area contributed by atoms with Gasteiger partial charge in [-0.2, -0.15) is 0 Å². The third kappa shape index (κ3) is 2.98. The van der Waals surface area contributed by atoms with Crippen LogP contribution in [0, 0.1) is 0 Å². The number of fused-ring (bicyclic) bond motifs is 3. The number of benzene rings is 2. The van der Waals surface area contributed by atoms with E-state index in [-0.39, 0.29) is 24.2 Å². The number of ether oxygens (including phenoxy) is 2. The van der Waals surface area contributed by atoms with E-state index < -0.39 is 6.10 Å². The van der Waals surface area contributed by atoms with E-state index in [0.717, 1.165) is 41.0 Å². The Labute approximate surface area is 170 Å². The molecule has 6 nitrogen and oxygen atoms in total. The summed E-state index contributed by atoms with van der Waals surface area (Å²) in [6.07, 6.45) is 2.04. The molecule has 0 unspecified atom stereocenters. The Morgan fingerprint density at radius 1 is 1.14 bits per heavy atom. The molecule has 3 aliphatic rings. The first-order valence-corrected chi connectivity index (χ1v) is 10.3. The fourth-order valence-corrected chi connectivity index (χ4v) is 5.14. The van der Waals surface area contributed by atoms with Crippen LogP contribution in [-0.4, -0.2) is 41.9 Å². The molecule has 2 aromatic carbocycles. The number of likely N-dealkylation sites (tertiary alicyclic amines) is 1. The van der Waals surface area contributed by atoms with Gasteiger partial charge >= 0.3 is 0 Å². The van der Waals surface area contributed by atoms with Crippen LogP contribution in [0.4, 0.5) is 0 Å². The van der Waals surface area contributed by atoms with Crippen LogP contribution < -0.4 is 15.2 Å². The predicted octanol–water partition coefficient (Wildman–Crippen LogP) is 2.28. The SMILES string of the molecule is N[C@@H]1c2ccccc2C2(CCN(C(=O)CCc3ccc4c(c3)OCO4)CC2)[C@H]1O. The summed E-state index contributed by atoms with van der Waals surface area (Å²) in [6, 6.07) is 13.6. The first-order chi connectivity index (χ1) is 14.1. The van der Waals surface area contributed by atoms with Crippen molar-refractivity contribution in [2.45, 2.75) is 43.2 Å². The van der Waals surface area contributed by atoms with E-state index in [1.165, 1.54) is 0 Å². The van der Waals surface area contributed by atoms with Crippen molar-refractivity contribution in [3.63, 3.8) is 0 Å². The second kappa shape index (κ2) is 7.04. The van der Waals surface area contributed by atoms with Crippen LogP contribution in [0.25, 0.3) is 0 Å². The van der Waals surface area contributed by atoms with Gasteiger partial charge < -0.3 is 25.2 Å².